The van der Waals surface area contributed by atoms with Crippen molar-refractivity contribution in [1.29, 1.82) is 0 Å². The molecule has 0 spiro atoms. The standard InChI is InChI=1S/C16H16N2O4/c1-11-4-3-5-14(8-11)22-10-16(19)17-15-7-6-13(18(20)21)9-12(15)2/h3-9H,10H2,1-2H3,(H,17,19). The number of benzene rings is 2. The molecule has 2 aromatic rings. The van der Waals surface area contributed by atoms with Gasteiger partial charge in [-0.3, -0.25) is 14.9 Å². The Labute approximate surface area is 127 Å². The summed E-state index contributed by atoms with van der Waals surface area (Å²) in [6, 6.07) is 11.7. The first kappa shape index (κ1) is 15.5. The molecule has 2 rings (SSSR count). The van der Waals surface area contributed by atoms with Crippen LogP contribution in [0.4, 0.5) is 11.4 Å². The van der Waals surface area contributed by atoms with Gasteiger partial charge in [0.1, 0.15) is 5.75 Å². The van der Waals surface area contributed by atoms with Crippen LogP contribution in [0.2, 0.25) is 0 Å². The summed E-state index contributed by atoms with van der Waals surface area (Å²) in [6.07, 6.45) is 0. The van der Waals surface area contributed by atoms with Crippen LogP contribution in [0.1, 0.15) is 11.1 Å². The molecule has 0 aromatic heterocycles. The van der Waals surface area contributed by atoms with E-state index < -0.39 is 4.92 Å². The lowest BCUT2D eigenvalue weighted by atomic mass is 10.2. The lowest BCUT2D eigenvalue weighted by Crippen LogP contribution is -2.20. The molecule has 0 unspecified atom stereocenters. The predicted octanol–water partition coefficient (Wildman–Crippen LogP) is 3.23. The summed E-state index contributed by atoms with van der Waals surface area (Å²) < 4.78 is 5.40. The summed E-state index contributed by atoms with van der Waals surface area (Å²) in [5.41, 5.74) is 2.19. The third-order valence-corrected chi connectivity index (χ3v) is 3.05. The number of nitro groups is 1. The average molecular weight is 300 g/mol. The van der Waals surface area contributed by atoms with Gasteiger partial charge in [0.15, 0.2) is 6.61 Å². The van der Waals surface area contributed by atoms with Crippen molar-refractivity contribution in [2.75, 3.05) is 11.9 Å². The fourth-order valence-electron chi connectivity index (χ4n) is 1.94. The van der Waals surface area contributed by atoms with Crippen LogP contribution in [-0.4, -0.2) is 17.4 Å². The number of ether oxygens (including phenoxy) is 1. The number of nitrogens with zero attached hydrogens (tertiary/aromatic N) is 1. The number of amides is 1. The predicted molar refractivity (Wildman–Crippen MR) is 83.1 cm³/mol. The molecule has 0 bridgehead atoms. The van der Waals surface area contributed by atoms with Crippen molar-refractivity contribution in [1.82, 2.24) is 0 Å². The maximum Gasteiger partial charge on any atom is 0.269 e. The number of hydrogen-bond acceptors (Lipinski definition) is 4. The number of carbonyl (C=O) groups is 1. The van der Waals surface area contributed by atoms with Gasteiger partial charge in [-0.05, 0) is 43.2 Å². The summed E-state index contributed by atoms with van der Waals surface area (Å²) in [5.74, 6) is 0.300. The van der Waals surface area contributed by atoms with E-state index in [1.807, 2.05) is 25.1 Å². The Morgan fingerprint density at radius 1 is 1.23 bits per heavy atom. The van der Waals surface area contributed by atoms with Crippen LogP contribution in [0.5, 0.6) is 5.75 Å². The fraction of sp³-hybridized carbons (Fsp3) is 0.188. The average Bonchev–Trinajstić information content (AvgIpc) is 2.47. The number of anilines is 1. The Morgan fingerprint density at radius 2 is 2.00 bits per heavy atom. The van der Waals surface area contributed by atoms with E-state index in [0.29, 0.717) is 17.0 Å². The van der Waals surface area contributed by atoms with Crippen molar-refractivity contribution in [3.63, 3.8) is 0 Å². The molecule has 0 saturated heterocycles. The van der Waals surface area contributed by atoms with Gasteiger partial charge in [-0.25, -0.2) is 0 Å². The van der Waals surface area contributed by atoms with Crippen molar-refractivity contribution in [2.24, 2.45) is 0 Å². The first-order valence-corrected chi connectivity index (χ1v) is 6.70. The normalized spacial score (nSPS) is 10.1. The van der Waals surface area contributed by atoms with Crippen LogP contribution in [0.15, 0.2) is 42.5 Å². The van der Waals surface area contributed by atoms with E-state index in [9.17, 15) is 14.9 Å². The quantitative estimate of drug-likeness (QED) is 0.679. The highest BCUT2D eigenvalue weighted by Crippen LogP contribution is 2.21. The Hall–Kier alpha value is -2.89. The first-order valence-electron chi connectivity index (χ1n) is 6.70. The summed E-state index contributed by atoms with van der Waals surface area (Å²) in [4.78, 5) is 22.1. The van der Waals surface area contributed by atoms with Crippen molar-refractivity contribution in [2.45, 2.75) is 13.8 Å². The number of rotatable bonds is 5. The van der Waals surface area contributed by atoms with Crippen molar-refractivity contribution in [3.05, 3.63) is 63.7 Å². The van der Waals surface area contributed by atoms with Gasteiger partial charge in [-0.1, -0.05) is 12.1 Å². The van der Waals surface area contributed by atoms with Crippen molar-refractivity contribution in [3.8, 4) is 5.75 Å². The molecule has 1 N–H and O–H groups in total. The highest BCUT2D eigenvalue weighted by atomic mass is 16.6. The van der Waals surface area contributed by atoms with Crippen LogP contribution in [0.25, 0.3) is 0 Å². The van der Waals surface area contributed by atoms with Crippen LogP contribution in [0, 0.1) is 24.0 Å². The molecular weight excluding hydrogens is 284 g/mol. The maximum atomic E-state index is 11.9. The number of non-ortho nitro benzene ring substituents is 1. The molecule has 6 nitrogen and oxygen atoms in total. The van der Waals surface area contributed by atoms with Gasteiger partial charge in [0.05, 0.1) is 4.92 Å². The smallest absolute Gasteiger partial charge is 0.269 e. The lowest BCUT2D eigenvalue weighted by molar-refractivity contribution is -0.384. The number of hydrogen-bond donors (Lipinski definition) is 1. The first-order chi connectivity index (χ1) is 10.5. The van der Waals surface area contributed by atoms with E-state index in [-0.39, 0.29) is 18.2 Å². The molecule has 0 aliphatic carbocycles. The Kier molecular flexibility index (Phi) is 4.73. The van der Waals surface area contributed by atoms with Crippen LogP contribution < -0.4 is 10.1 Å². The van der Waals surface area contributed by atoms with Crippen molar-refractivity contribution >= 4 is 17.3 Å². The van der Waals surface area contributed by atoms with Crippen LogP contribution >= 0.6 is 0 Å². The Bertz CT molecular complexity index is 713. The molecule has 0 heterocycles. The largest absolute Gasteiger partial charge is 0.484 e. The summed E-state index contributed by atoms with van der Waals surface area (Å²) >= 11 is 0. The van der Waals surface area contributed by atoms with Gasteiger partial charge in [0.25, 0.3) is 11.6 Å². The van der Waals surface area contributed by atoms with E-state index in [0.717, 1.165) is 5.56 Å². The van der Waals surface area contributed by atoms with Gasteiger partial charge >= 0.3 is 0 Å². The number of nitro benzene ring substituents is 1. The van der Waals surface area contributed by atoms with Crippen molar-refractivity contribution < 1.29 is 14.5 Å². The zero-order chi connectivity index (χ0) is 16.1. The van der Waals surface area contributed by atoms with E-state index in [1.165, 1.54) is 18.2 Å². The van der Waals surface area contributed by atoms with Crippen LogP contribution in [0.3, 0.4) is 0 Å². The number of nitrogens with one attached hydrogen (secondary N) is 1. The summed E-state index contributed by atoms with van der Waals surface area (Å²) in [7, 11) is 0. The van der Waals surface area contributed by atoms with E-state index in [2.05, 4.69) is 5.32 Å². The lowest BCUT2D eigenvalue weighted by Gasteiger charge is -2.09. The Morgan fingerprint density at radius 3 is 2.64 bits per heavy atom. The topological polar surface area (TPSA) is 81.5 Å². The minimum atomic E-state index is -0.473. The van der Waals surface area contributed by atoms with Gasteiger partial charge < -0.3 is 10.1 Å². The number of carbonyl (C=O) groups excluding carboxylic acids is 1. The fourth-order valence-corrected chi connectivity index (χ4v) is 1.94. The second kappa shape index (κ2) is 6.71. The Balaban J connectivity index is 1.96. The zero-order valence-electron chi connectivity index (χ0n) is 12.3. The molecule has 6 heteroatoms. The highest BCUT2D eigenvalue weighted by Gasteiger charge is 2.10. The zero-order valence-corrected chi connectivity index (χ0v) is 12.3. The molecule has 0 saturated carbocycles. The van der Waals surface area contributed by atoms with Gasteiger partial charge in [0, 0.05) is 17.8 Å². The highest BCUT2D eigenvalue weighted by molar-refractivity contribution is 5.92. The molecule has 0 aliphatic heterocycles. The van der Waals surface area contributed by atoms with Gasteiger partial charge in [-0.2, -0.15) is 0 Å². The van der Waals surface area contributed by atoms with E-state index >= 15 is 0 Å². The number of aryl methyl sites for hydroxylation is 2. The third-order valence-electron chi connectivity index (χ3n) is 3.05. The second-order valence-corrected chi connectivity index (χ2v) is 4.91. The molecule has 0 atom stereocenters. The van der Waals surface area contributed by atoms with Gasteiger partial charge in [0.2, 0.25) is 0 Å². The molecule has 2 aromatic carbocycles. The summed E-state index contributed by atoms with van der Waals surface area (Å²) in [5, 5.41) is 13.3. The minimum absolute atomic E-state index is 0.00786. The molecule has 0 fully saturated rings. The maximum absolute atomic E-state index is 11.9. The molecule has 114 valence electrons. The molecule has 0 radical (unpaired) electrons. The van der Waals surface area contributed by atoms with Gasteiger partial charge in [-0.15, -0.1) is 0 Å². The minimum Gasteiger partial charge on any atom is -0.484 e. The molecule has 22 heavy (non-hydrogen) atoms. The summed E-state index contributed by atoms with van der Waals surface area (Å²) in [6.45, 7) is 3.51. The third kappa shape index (κ3) is 4.05. The second-order valence-electron chi connectivity index (χ2n) is 4.91. The SMILES string of the molecule is Cc1cccc(OCC(=O)Nc2ccc([N+](=O)[O-])cc2C)c1. The van der Waals surface area contributed by atoms with Crippen LogP contribution in [-0.2, 0) is 4.79 Å². The van der Waals surface area contributed by atoms with E-state index in [4.69, 9.17) is 4.74 Å². The molecular formula is C16H16N2O4. The monoisotopic (exact) mass is 300 g/mol. The molecule has 0 aliphatic rings. The van der Waals surface area contributed by atoms with E-state index in [1.54, 1.807) is 13.0 Å². The molecule has 1 amide bonds.